The number of hydrogen-bond donors (Lipinski definition) is 0. The van der Waals surface area contributed by atoms with Crippen LogP contribution in [0.25, 0.3) is 0 Å². The van der Waals surface area contributed by atoms with Crippen molar-refractivity contribution < 1.29 is 22.8 Å². The standard InChI is InChI=1S/C19H38O5Si/c1-9-14-25(22-16(6)10-2,23-17(7)11-3)24-19(8,13-5)15-21-18(20)12-4/h12,16-17H,4,9-11,13-15H2,1-3,5-8H3. The lowest BCUT2D eigenvalue weighted by Gasteiger charge is -2.41. The van der Waals surface area contributed by atoms with Gasteiger partial charge in [0.1, 0.15) is 6.61 Å². The van der Waals surface area contributed by atoms with Gasteiger partial charge < -0.3 is 18.0 Å². The van der Waals surface area contributed by atoms with Crippen molar-refractivity contribution in [2.45, 2.75) is 98.0 Å². The van der Waals surface area contributed by atoms with Gasteiger partial charge in [-0.3, -0.25) is 0 Å². The number of carbonyl (C=O) groups excluding carboxylic acids is 1. The van der Waals surface area contributed by atoms with Crippen LogP contribution in [0.4, 0.5) is 0 Å². The monoisotopic (exact) mass is 374 g/mol. The summed E-state index contributed by atoms with van der Waals surface area (Å²) in [4.78, 5) is 11.5. The minimum Gasteiger partial charge on any atom is -0.460 e. The van der Waals surface area contributed by atoms with Crippen LogP contribution in [0.5, 0.6) is 0 Å². The second-order valence-corrected chi connectivity index (χ2v) is 9.37. The maximum absolute atomic E-state index is 11.5. The number of hydrogen-bond acceptors (Lipinski definition) is 5. The van der Waals surface area contributed by atoms with Gasteiger partial charge in [0.15, 0.2) is 0 Å². The number of carbonyl (C=O) groups is 1. The Labute approximate surface area is 155 Å². The van der Waals surface area contributed by atoms with E-state index in [2.05, 4.69) is 27.4 Å². The average Bonchev–Trinajstić information content (AvgIpc) is 2.59. The molecule has 3 atom stereocenters. The molecular weight excluding hydrogens is 336 g/mol. The van der Waals surface area contributed by atoms with E-state index >= 15 is 0 Å². The Morgan fingerprint density at radius 3 is 2.00 bits per heavy atom. The van der Waals surface area contributed by atoms with Crippen molar-refractivity contribution >= 4 is 14.8 Å². The minimum atomic E-state index is -2.92. The molecule has 0 saturated carbocycles. The molecule has 0 aromatic heterocycles. The number of esters is 1. The summed E-state index contributed by atoms with van der Waals surface area (Å²) >= 11 is 0. The molecule has 0 aromatic carbocycles. The van der Waals surface area contributed by atoms with Crippen LogP contribution in [0.1, 0.15) is 74.1 Å². The molecule has 0 aliphatic heterocycles. The first kappa shape index (κ1) is 24.3. The molecule has 0 spiro atoms. The van der Waals surface area contributed by atoms with Crippen LogP contribution in [0.15, 0.2) is 12.7 Å². The lowest BCUT2D eigenvalue weighted by molar-refractivity contribution is -0.147. The third-order valence-corrected chi connectivity index (χ3v) is 7.74. The van der Waals surface area contributed by atoms with Gasteiger partial charge in [0.05, 0.1) is 5.60 Å². The summed E-state index contributed by atoms with van der Waals surface area (Å²) in [5.41, 5.74) is -0.652. The van der Waals surface area contributed by atoms with Gasteiger partial charge in [-0.05, 0) is 40.0 Å². The highest BCUT2D eigenvalue weighted by atomic mass is 28.4. The molecule has 0 saturated heterocycles. The molecule has 0 rings (SSSR count). The third kappa shape index (κ3) is 8.99. The topological polar surface area (TPSA) is 54.0 Å². The highest BCUT2D eigenvalue weighted by molar-refractivity contribution is 6.61. The Morgan fingerprint density at radius 2 is 1.64 bits per heavy atom. The van der Waals surface area contributed by atoms with E-state index in [-0.39, 0.29) is 18.8 Å². The van der Waals surface area contributed by atoms with E-state index in [4.69, 9.17) is 18.0 Å². The Balaban J connectivity index is 5.49. The summed E-state index contributed by atoms with van der Waals surface area (Å²) < 4.78 is 24.5. The molecule has 148 valence electrons. The average molecular weight is 375 g/mol. The Bertz CT molecular complexity index is 389. The van der Waals surface area contributed by atoms with Crippen molar-refractivity contribution in [1.29, 1.82) is 0 Å². The van der Waals surface area contributed by atoms with E-state index in [9.17, 15) is 4.79 Å². The summed E-state index contributed by atoms with van der Waals surface area (Å²) in [6.07, 6.45) is 4.64. The highest BCUT2D eigenvalue weighted by Gasteiger charge is 2.48. The van der Waals surface area contributed by atoms with E-state index in [1.165, 1.54) is 0 Å². The zero-order valence-electron chi connectivity index (χ0n) is 17.2. The smallest absolute Gasteiger partial charge is 0.460 e. The molecule has 0 aliphatic rings. The van der Waals surface area contributed by atoms with Gasteiger partial charge in [-0.15, -0.1) is 0 Å². The number of rotatable bonds is 14. The van der Waals surface area contributed by atoms with Crippen molar-refractivity contribution in [2.75, 3.05) is 6.61 Å². The molecule has 0 aromatic rings. The first-order chi connectivity index (χ1) is 11.7. The van der Waals surface area contributed by atoms with Crippen LogP contribution < -0.4 is 0 Å². The van der Waals surface area contributed by atoms with Crippen molar-refractivity contribution in [1.82, 2.24) is 0 Å². The maximum Gasteiger partial charge on any atom is 0.501 e. The van der Waals surface area contributed by atoms with Crippen molar-refractivity contribution in [2.24, 2.45) is 0 Å². The molecule has 0 heterocycles. The second kappa shape index (κ2) is 11.8. The predicted molar refractivity (Wildman–Crippen MR) is 103 cm³/mol. The molecule has 0 aliphatic carbocycles. The molecule has 25 heavy (non-hydrogen) atoms. The van der Waals surface area contributed by atoms with Gasteiger partial charge in [0.2, 0.25) is 0 Å². The van der Waals surface area contributed by atoms with Gasteiger partial charge in [-0.1, -0.05) is 40.7 Å². The molecule has 3 unspecified atom stereocenters. The van der Waals surface area contributed by atoms with Gasteiger partial charge in [0, 0.05) is 24.3 Å². The number of ether oxygens (including phenoxy) is 1. The lowest BCUT2D eigenvalue weighted by atomic mass is 10.1. The Kier molecular flexibility index (Phi) is 11.5. The van der Waals surface area contributed by atoms with Crippen LogP contribution in [0, 0.1) is 0 Å². The van der Waals surface area contributed by atoms with E-state index < -0.39 is 20.4 Å². The van der Waals surface area contributed by atoms with Crippen molar-refractivity contribution in [3.05, 3.63) is 12.7 Å². The van der Waals surface area contributed by atoms with Crippen LogP contribution in [-0.2, 0) is 22.8 Å². The first-order valence-electron chi connectivity index (χ1n) is 9.54. The Hall–Kier alpha value is -0.693. The molecule has 0 amide bonds. The summed E-state index contributed by atoms with van der Waals surface area (Å²) in [5.74, 6) is -0.447. The van der Waals surface area contributed by atoms with Gasteiger partial charge >= 0.3 is 14.8 Å². The fourth-order valence-electron chi connectivity index (χ4n) is 2.19. The Morgan fingerprint density at radius 1 is 1.12 bits per heavy atom. The van der Waals surface area contributed by atoms with Crippen LogP contribution in [0.3, 0.4) is 0 Å². The quantitative estimate of drug-likeness (QED) is 0.246. The van der Waals surface area contributed by atoms with Gasteiger partial charge in [0.25, 0.3) is 0 Å². The predicted octanol–water partition coefficient (Wildman–Crippen LogP) is 4.88. The second-order valence-electron chi connectivity index (χ2n) is 6.82. The highest BCUT2D eigenvalue weighted by Crippen LogP contribution is 2.30. The molecule has 0 N–H and O–H groups in total. The normalized spacial score (nSPS) is 18.7. The lowest BCUT2D eigenvalue weighted by Crippen LogP contribution is -2.56. The zero-order valence-corrected chi connectivity index (χ0v) is 18.2. The molecule has 6 heteroatoms. The fourth-order valence-corrected chi connectivity index (χ4v) is 5.81. The maximum atomic E-state index is 11.5. The van der Waals surface area contributed by atoms with Gasteiger partial charge in [-0.2, -0.15) is 0 Å². The molecule has 0 fully saturated rings. The largest absolute Gasteiger partial charge is 0.501 e. The van der Waals surface area contributed by atoms with Crippen molar-refractivity contribution in [3.63, 3.8) is 0 Å². The van der Waals surface area contributed by atoms with E-state index in [0.29, 0.717) is 6.42 Å². The van der Waals surface area contributed by atoms with E-state index in [1.807, 2.05) is 27.7 Å². The molecule has 0 radical (unpaired) electrons. The van der Waals surface area contributed by atoms with Gasteiger partial charge in [-0.25, -0.2) is 4.79 Å². The summed E-state index contributed by atoms with van der Waals surface area (Å²) in [5, 5.41) is 0. The first-order valence-corrected chi connectivity index (χ1v) is 11.5. The van der Waals surface area contributed by atoms with Crippen molar-refractivity contribution in [3.8, 4) is 0 Å². The summed E-state index contributed by atoms with van der Waals surface area (Å²) in [7, 11) is -2.92. The summed E-state index contributed by atoms with van der Waals surface area (Å²) in [6, 6.07) is 0.743. The third-order valence-electron chi connectivity index (χ3n) is 4.30. The van der Waals surface area contributed by atoms with Crippen LogP contribution in [-0.4, -0.2) is 39.2 Å². The fraction of sp³-hybridized carbons (Fsp3) is 0.842. The van der Waals surface area contributed by atoms with Crippen LogP contribution in [0.2, 0.25) is 6.04 Å². The molecule has 5 nitrogen and oxygen atoms in total. The van der Waals surface area contributed by atoms with E-state index in [0.717, 1.165) is 31.4 Å². The SMILES string of the molecule is C=CC(=O)OCC(C)(CC)O[Si](CCC)(OC(C)CC)OC(C)CC. The van der Waals surface area contributed by atoms with Crippen LogP contribution >= 0.6 is 0 Å². The minimum absolute atomic E-state index is 0.0547. The van der Waals surface area contributed by atoms with E-state index in [1.54, 1.807) is 0 Å². The zero-order chi connectivity index (χ0) is 19.5. The molecular formula is C19H38O5Si. The summed E-state index contributed by atoms with van der Waals surface area (Å²) in [6.45, 7) is 17.9. The molecule has 0 bridgehead atoms.